The molecule has 6 atom stereocenters. The maximum atomic E-state index is 14.1. The number of carbonyl (C=O) groups is 9. The van der Waals surface area contributed by atoms with Crippen LogP contribution in [0.5, 0.6) is 0 Å². The number of aliphatic hydroxyl groups excluding tert-OH is 2. The van der Waals surface area contributed by atoms with Crippen molar-refractivity contribution in [1.29, 1.82) is 0 Å². The van der Waals surface area contributed by atoms with Crippen molar-refractivity contribution in [2.24, 2.45) is 33.8 Å². The van der Waals surface area contributed by atoms with Crippen LogP contribution >= 0.6 is 0 Å². The summed E-state index contributed by atoms with van der Waals surface area (Å²) >= 11 is 0. The summed E-state index contributed by atoms with van der Waals surface area (Å²) in [5, 5.41) is 46.7. The summed E-state index contributed by atoms with van der Waals surface area (Å²) in [6.07, 6.45) is -1.42. The van der Waals surface area contributed by atoms with Crippen LogP contribution in [0.15, 0.2) is 47.5 Å². The Kier molecular flexibility index (Phi) is 22.6. The van der Waals surface area contributed by atoms with Crippen LogP contribution in [-0.2, 0) is 49.6 Å². The third kappa shape index (κ3) is 19.0. The minimum Gasteiger partial charge on any atom is -0.481 e. The largest absolute Gasteiger partial charge is 0.481 e. The number of nitrogens with two attached hydrogens (primary N) is 4. The molecule has 0 bridgehead atoms. The molecule has 0 spiro atoms. The van der Waals surface area contributed by atoms with Gasteiger partial charge in [0.05, 0.1) is 32.0 Å². The maximum absolute atomic E-state index is 14.1. The molecular formula is C40H60N12O12. The molecule has 24 nitrogen and oxygen atoms in total. The van der Waals surface area contributed by atoms with Gasteiger partial charge in [0.15, 0.2) is 5.96 Å². The Hall–Kier alpha value is -6.92. The van der Waals surface area contributed by atoms with E-state index < -0.39 is 121 Å². The van der Waals surface area contributed by atoms with Gasteiger partial charge in [0.2, 0.25) is 47.3 Å². The Balaban J connectivity index is 2.35. The highest BCUT2D eigenvalue weighted by Gasteiger charge is 2.34. The number of carbonyl (C=O) groups excluding carboxylic acids is 8. The van der Waals surface area contributed by atoms with Gasteiger partial charge >= 0.3 is 5.97 Å². The average molecular weight is 901 g/mol. The molecule has 18 N–H and O–H groups in total. The number of carboxylic acid groups (broad SMARTS) is 1. The van der Waals surface area contributed by atoms with Crippen molar-refractivity contribution in [3.63, 3.8) is 0 Å². The van der Waals surface area contributed by atoms with E-state index in [1.54, 1.807) is 44.2 Å². The molecule has 2 rings (SSSR count). The predicted octanol–water partition coefficient (Wildman–Crippen LogP) is -5.20. The predicted molar refractivity (Wildman–Crippen MR) is 231 cm³/mol. The molecule has 0 aromatic heterocycles. The van der Waals surface area contributed by atoms with Gasteiger partial charge in [-0.15, -0.1) is 0 Å². The zero-order chi connectivity index (χ0) is 47.9. The number of primary amides is 1. The lowest BCUT2D eigenvalue weighted by Crippen LogP contribution is -2.61. The van der Waals surface area contributed by atoms with Gasteiger partial charge in [0, 0.05) is 26.1 Å². The van der Waals surface area contributed by atoms with E-state index in [1.807, 2.05) is 12.1 Å². The van der Waals surface area contributed by atoms with Crippen LogP contribution in [0.3, 0.4) is 0 Å². The molecule has 0 radical (unpaired) electrons. The number of carboxylic acids is 1. The fraction of sp³-hybridized carbons (Fsp3) is 0.500. The van der Waals surface area contributed by atoms with Crippen LogP contribution in [0.2, 0.25) is 0 Å². The third-order valence-corrected chi connectivity index (χ3v) is 9.38. The van der Waals surface area contributed by atoms with Crippen LogP contribution in [0.4, 0.5) is 0 Å². The first-order chi connectivity index (χ1) is 30.2. The van der Waals surface area contributed by atoms with Gasteiger partial charge in [-0.1, -0.05) is 56.3 Å². The van der Waals surface area contributed by atoms with Crippen molar-refractivity contribution >= 4 is 70.0 Å². The molecule has 0 aliphatic rings. The van der Waals surface area contributed by atoms with Gasteiger partial charge in [-0.05, 0) is 41.5 Å². The number of aliphatic hydroxyl groups is 2. The van der Waals surface area contributed by atoms with E-state index in [4.69, 9.17) is 28.0 Å². The number of amides is 8. The van der Waals surface area contributed by atoms with Crippen LogP contribution in [0, 0.1) is 5.92 Å². The molecule has 8 amide bonds. The normalized spacial score (nSPS) is 13.7. The van der Waals surface area contributed by atoms with Crippen LogP contribution in [-0.4, -0.2) is 144 Å². The number of nitrogens with one attached hydrogen (secondary N) is 7. The molecule has 2 aromatic carbocycles. The highest BCUT2D eigenvalue weighted by atomic mass is 16.4. The number of aliphatic imine (C=N–C) groups is 1. The van der Waals surface area contributed by atoms with Crippen LogP contribution < -0.4 is 60.2 Å². The number of rotatable bonds is 28. The van der Waals surface area contributed by atoms with Gasteiger partial charge in [0.1, 0.15) is 30.2 Å². The van der Waals surface area contributed by atoms with Gasteiger partial charge in [-0.25, -0.2) is 0 Å². The number of guanidine groups is 1. The first-order valence-corrected chi connectivity index (χ1v) is 20.3. The lowest BCUT2D eigenvalue weighted by molar-refractivity contribution is -0.141. The SMILES string of the molecule is CC(C)[C@H](NC(=O)C(CO)NC(=O)[C@H](CC(N)=O)NC(=O)[C@H](Cc1ccc2ccccc2c1)NC(=O)[C@H](CC(=O)O)NC(=O)C(N)CCCN=C(N)N)C(=O)NCC(=O)NCCCO. The monoisotopic (exact) mass is 900 g/mol. The summed E-state index contributed by atoms with van der Waals surface area (Å²) < 4.78 is 0. The molecule has 0 aliphatic heterocycles. The molecule has 2 unspecified atom stereocenters. The lowest BCUT2D eigenvalue weighted by Gasteiger charge is -2.27. The highest BCUT2D eigenvalue weighted by molar-refractivity contribution is 5.99. The van der Waals surface area contributed by atoms with Crippen molar-refractivity contribution in [1.82, 2.24) is 37.2 Å². The molecule has 0 aliphatic carbocycles. The molecular weight excluding hydrogens is 841 g/mol. The van der Waals surface area contributed by atoms with Gasteiger partial charge in [-0.2, -0.15) is 0 Å². The standard InChI is InChI=1S/C40H60N12O12/c1-21(2)33(39(64)47-19-31(56)45-13-6-14-53)52-38(63)29(20-54)51-36(61)27(17-30(42)55)50-35(60)26(16-22-10-11-23-7-3-4-8-24(23)15-22)49-37(62)28(18-32(57)58)48-34(59)25(41)9-5-12-46-40(43)44/h3-4,7-8,10-11,15,21,25-29,33,53-54H,5-6,9,12-14,16-20,41H2,1-2H3,(H2,42,55)(H,45,56)(H,47,64)(H,48,59)(H,49,62)(H,50,60)(H,51,61)(H,52,63)(H,57,58)(H4,43,44,46)/t25?,26-,27-,28-,29?,33-/m0/s1. The summed E-state index contributed by atoms with van der Waals surface area (Å²) in [7, 11) is 0. The molecule has 2 aromatic rings. The van der Waals surface area contributed by atoms with E-state index in [0.717, 1.165) is 10.8 Å². The fourth-order valence-electron chi connectivity index (χ4n) is 5.98. The van der Waals surface area contributed by atoms with Crippen molar-refractivity contribution in [2.75, 3.05) is 32.8 Å². The van der Waals surface area contributed by atoms with Crippen molar-refractivity contribution < 1.29 is 58.5 Å². The molecule has 0 saturated carbocycles. The van der Waals surface area contributed by atoms with Crippen molar-refractivity contribution in [2.45, 2.75) is 88.6 Å². The van der Waals surface area contributed by atoms with E-state index in [0.29, 0.717) is 12.0 Å². The summed E-state index contributed by atoms with van der Waals surface area (Å²) in [4.78, 5) is 120. The molecule has 352 valence electrons. The lowest BCUT2D eigenvalue weighted by atomic mass is 10.00. The number of aliphatic carboxylic acids is 1. The second kappa shape index (κ2) is 27.2. The summed E-state index contributed by atoms with van der Waals surface area (Å²) in [5.74, 6) is -9.97. The summed E-state index contributed by atoms with van der Waals surface area (Å²) in [6.45, 7) is 1.84. The molecule has 0 fully saturated rings. The molecule has 64 heavy (non-hydrogen) atoms. The molecule has 0 saturated heterocycles. The number of benzene rings is 2. The quantitative estimate of drug-likeness (QED) is 0.0216. The van der Waals surface area contributed by atoms with Crippen LogP contribution in [0.1, 0.15) is 51.5 Å². The highest BCUT2D eigenvalue weighted by Crippen LogP contribution is 2.17. The summed E-state index contributed by atoms with van der Waals surface area (Å²) in [6, 6.07) is 2.96. The van der Waals surface area contributed by atoms with E-state index in [2.05, 4.69) is 42.2 Å². The fourth-order valence-corrected chi connectivity index (χ4v) is 5.98. The first kappa shape index (κ1) is 53.2. The number of nitrogens with zero attached hydrogens (tertiary/aromatic N) is 1. The third-order valence-electron chi connectivity index (χ3n) is 9.38. The van der Waals surface area contributed by atoms with E-state index in [-0.39, 0.29) is 44.9 Å². The minimum absolute atomic E-state index is 0.0557. The van der Waals surface area contributed by atoms with E-state index in [9.17, 15) is 53.4 Å². The molecule has 0 heterocycles. The number of fused-ring (bicyclic) bond motifs is 1. The van der Waals surface area contributed by atoms with Crippen molar-refractivity contribution in [3.8, 4) is 0 Å². The van der Waals surface area contributed by atoms with Gasteiger partial charge < -0.3 is 75.5 Å². The smallest absolute Gasteiger partial charge is 0.305 e. The number of hydrogen-bond acceptors (Lipinski definition) is 13. The Bertz CT molecular complexity index is 1990. The Morgan fingerprint density at radius 2 is 1.25 bits per heavy atom. The molecule has 24 heteroatoms. The zero-order valence-corrected chi connectivity index (χ0v) is 35.6. The minimum atomic E-state index is -1.82. The Labute approximate surface area is 368 Å². The van der Waals surface area contributed by atoms with Crippen LogP contribution in [0.25, 0.3) is 10.8 Å². The van der Waals surface area contributed by atoms with E-state index in [1.165, 1.54) is 0 Å². The Morgan fingerprint density at radius 3 is 1.84 bits per heavy atom. The van der Waals surface area contributed by atoms with Gasteiger partial charge in [0.25, 0.3) is 0 Å². The van der Waals surface area contributed by atoms with Gasteiger partial charge in [-0.3, -0.25) is 48.1 Å². The summed E-state index contributed by atoms with van der Waals surface area (Å²) in [5.41, 5.74) is 22.5. The number of hydrogen-bond donors (Lipinski definition) is 14. The van der Waals surface area contributed by atoms with Crippen molar-refractivity contribution in [3.05, 3.63) is 48.0 Å². The average Bonchev–Trinajstić information content (AvgIpc) is 3.23. The topological polar surface area (TPSA) is 415 Å². The first-order valence-electron chi connectivity index (χ1n) is 20.3. The maximum Gasteiger partial charge on any atom is 0.305 e. The second-order valence-corrected chi connectivity index (χ2v) is 15.0. The van der Waals surface area contributed by atoms with E-state index >= 15 is 0 Å². The second-order valence-electron chi connectivity index (χ2n) is 15.0. The zero-order valence-electron chi connectivity index (χ0n) is 35.6. The Morgan fingerprint density at radius 1 is 0.672 bits per heavy atom.